The van der Waals surface area contributed by atoms with Gasteiger partial charge in [0.05, 0.1) is 12.7 Å². The number of Topliss-reactive ketones (excluding diaryl/α,β-unsaturated/α-hetero) is 1. The van der Waals surface area contributed by atoms with Crippen molar-refractivity contribution in [3.05, 3.63) is 0 Å². The fraction of sp³-hybridized carbons (Fsp3) is 0.941. The second kappa shape index (κ2) is 5.32. The topological polar surface area (TPSA) is 55.8 Å². The minimum absolute atomic E-state index is 0.0525. The molecule has 1 N–H and O–H groups in total. The molecule has 0 amide bonds. The average Bonchev–Trinajstić information content (AvgIpc) is 2.81. The molecule has 1 spiro atoms. The molecular weight excluding hydrogens is 268 g/mol. The summed E-state index contributed by atoms with van der Waals surface area (Å²) in [6.45, 7) is 7.16. The van der Waals surface area contributed by atoms with Crippen molar-refractivity contribution in [3.63, 3.8) is 0 Å². The zero-order chi connectivity index (χ0) is 15.3. The Labute approximate surface area is 127 Å². The lowest BCUT2D eigenvalue weighted by Crippen LogP contribution is -2.62. The number of ether oxygens (including phenoxy) is 2. The van der Waals surface area contributed by atoms with Crippen LogP contribution in [0.15, 0.2) is 0 Å². The van der Waals surface area contributed by atoms with Gasteiger partial charge in [-0.05, 0) is 37.5 Å². The number of carbonyl (C=O) groups excluding carboxylic acids is 1. The first-order valence-electron chi connectivity index (χ1n) is 8.40. The smallest absolute Gasteiger partial charge is 0.158 e. The Bertz CT molecular complexity index is 423. The molecule has 3 aliphatic rings. The van der Waals surface area contributed by atoms with Gasteiger partial charge >= 0.3 is 0 Å². The van der Waals surface area contributed by atoms with Gasteiger partial charge in [-0.2, -0.15) is 0 Å². The van der Waals surface area contributed by atoms with Gasteiger partial charge in [-0.15, -0.1) is 0 Å². The lowest BCUT2D eigenvalue weighted by Gasteiger charge is -2.61. The predicted octanol–water partition coefficient (Wildman–Crippen LogP) is 2.53. The molecule has 3 rings (SSSR count). The van der Waals surface area contributed by atoms with Crippen LogP contribution in [0.2, 0.25) is 0 Å². The van der Waals surface area contributed by atoms with E-state index < -0.39 is 0 Å². The predicted molar refractivity (Wildman–Crippen MR) is 78.7 cm³/mol. The minimum atomic E-state index is -0.283. The molecule has 3 fully saturated rings. The molecule has 1 aliphatic heterocycles. The second-order valence-electron chi connectivity index (χ2n) is 7.35. The highest BCUT2D eigenvalue weighted by molar-refractivity contribution is 5.83. The molecule has 0 aromatic heterocycles. The molecule has 4 heteroatoms. The highest BCUT2D eigenvalue weighted by atomic mass is 16.7. The Balaban J connectivity index is 2.04. The number of carbonyl (C=O) groups is 1. The summed E-state index contributed by atoms with van der Waals surface area (Å²) in [6.07, 6.45) is 4.21. The second-order valence-corrected chi connectivity index (χ2v) is 7.35. The normalized spacial score (nSPS) is 49.8. The van der Waals surface area contributed by atoms with E-state index in [1.807, 2.05) is 6.92 Å². The molecule has 0 aromatic carbocycles. The largest absolute Gasteiger partial charge is 0.396 e. The molecular formula is C17H28O4. The molecule has 120 valence electrons. The Morgan fingerprint density at radius 1 is 1.43 bits per heavy atom. The molecule has 6 atom stereocenters. The van der Waals surface area contributed by atoms with E-state index in [1.165, 1.54) is 0 Å². The van der Waals surface area contributed by atoms with Crippen molar-refractivity contribution < 1.29 is 19.4 Å². The van der Waals surface area contributed by atoms with Gasteiger partial charge in [-0.1, -0.05) is 13.8 Å². The highest BCUT2D eigenvalue weighted by Gasteiger charge is 2.68. The van der Waals surface area contributed by atoms with E-state index in [9.17, 15) is 9.90 Å². The summed E-state index contributed by atoms with van der Waals surface area (Å²) in [5, 5.41) is 9.94. The SMILES string of the molecule is CCO[C@H]1CC23C(CCC(C)C2(C)CCC(=O)[C@H]3CO)O1. The van der Waals surface area contributed by atoms with E-state index in [0.717, 1.165) is 25.7 Å². The zero-order valence-corrected chi connectivity index (χ0v) is 13.4. The van der Waals surface area contributed by atoms with Gasteiger partial charge < -0.3 is 14.6 Å². The third kappa shape index (κ3) is 1.95. The molecule has 4 nitrogen and oxygen atoms in total. The van der Waals surface area contributed by atoms with E-state index in [0.29, 0.717) is 18.9 Å². The first-order valence-corrected chi connectivity index (χ1v) is 8.40. The molecule has 0 radical (unpaired) electrons. The van der Waals surface area contributed by atoms with Crippen molar-refractivity contribution in [1.29, 1.82) is 0 Å². The number of rotatable bonds is 3. The van der Waals surface area contributed by atoms with Crippen LogP contribution in [0.5, 0.6) is 0 Å². The van der Waals surface area contributed by atoms with Crippen LogP contribution in [0.3, 0.4) is 0 Å². The molecule has 2 aliphatic carbocycles. The van der Waals surface area contributed by atoms with Crippen LogP contribution >= 0.6 is 0 Å². The monoisotopic (exact) mass is 296 g/mol. The fourth-order valence-corrected chi connectivity index (χ4v) is 5.50. The fourth-order valence-electron chi connectivity index (χ4n) is 5.50. The molecule has 1 saturated heterocycles. The van der Waals surface area contributed by atoms with Crippen molar-refractivity contribution in [1.82, 2.24) is 0 Å². The van der Waals surface area contributed by atoms with E-state index in [4.69, 9.17) is 9.47 Å². The summed E-state index contributed by atoms with van der Waals surface area (Å²) in [5.74, 6) is 0.490. The van der Waals surface area contributed by atoms with E-state index in [-0.39, 0.29) is 41.5 Å². The Hall–Kier alpha value is -0.450. The van der Waals surface area contributed by atoms with Crippen molar-refractivity contribution >= 4 is 5.78 Å². The van der Waals surface area contributed by atoms with Crippen LogP contribution in [0.4, 0.5) is 0 Å². The molecule has 21 heavy (non-hydrogen) atoms. The zero-order valence-electron chi connectivity index (χ0n) is 13.4. The molecule has 2 saturated carbocycles. The summed E-state index contributed by atoms with van der Waals surface area (Å²) in [4.78, 5) is 12.5. The number of aliphatic hydroxyl groups excluding tert-OH is 1. The van der Waals surface area contributed by atoms with Crippen molar-refractivity contribution in [2.24, 2.45) is 22.7 Å². The summed E-state index contributed by atoms with van der Waals surface area (Å²) in [5.41, 5.74) is -0.183. The van der Waals surface area contributed by atoms with Crippen LogP contribution in [0.25, 0.3) is 0 Å². The summed E-state index contributed by atoms with van der Waals surface area (Å²) < 4.78 is 11.9. The number of hydrogen-bond acceptors (Lipinski definition) is 4. The van der Waals surface area contributed by atoms with Gasteiger partial charge in [-0.3, -0.25) is 4.79 Å². The summed E-state index contributed by atoms with van der Waals surface area (Å²) in [7, 11) is 0. The lowest BCUT2D eigenvalue weighted by molar-refractivity contribution is -0.185. The third-order valence-electron chi connectivity index (χ3n) is 6.84. The Kier molecular flexibility index (Phi) is 3.92. The minimum Gasteiger partial charge on any atom is -0.396 e. The van der Waals surface area contributed by atoms with Crippen LogP contribution in [-0.2, 0) is 14.3 Å². The molecule has 1 heterocycles. The maximum Gasteiger partial charge on any atom is 0.158 e. The lowest BCUT2D eigenvalue weighted by atomic mass is 9.42. The maximum absolute atomic E-state index is 12.5. The molecule has 0 bridgehead atoms. The van der Waals surface area contributed by atoms with E-state index in [2.05, 4.69) is 13.8 Å². The van der Waals surface area contributed by atoms with Crippen LogP contribution in [-0.4, -0.2) is 36.5 Å². The quantitative estimate of drug-likeness (QED) is 0.869. The third-order valence-corrected chi connectivity index (χ3v) is 6.84. The number of hydrogen-bond donors (Lipinski definition) is 1. The maximum atomic E-state index is 12.5. The number of ketones is 1. The Morgan fingerprint density at radius 2 is 2.19 bits per heavy atom. The van der Waals surface area contributed by atoms with Gasteiger partial charge in [0.1, 0.15) is 5.78 Å². The van der Waals surface area contributed by atoms with Crippen LogP contribution in [0, 0.1) is 22.7 Å². The standard InChI is InChI=1S/C17H28O4/c1-4-20-15-9-17-12(10-18)13(19)7-8-16(17,3)11(2)5-6-14(17)21-15/h11-12,14-15,18H,4-10H2,1-3H3/t11?,12-,14?,15-,16?,17?/m1/s1. The van der Waals surface area contributed by atoms with Crippen LogP contribution in [0.1, 0.15) is 52.9 Å². The van der Waals surface area contributed by atoms with E-state index in [1.54, 1.807) is 0 Å². The van der Waals surface area contributed by atoms with Gasteiger partial charge in [-0.25, -0.2) is 0 Å². The molecule has 4 unspecified atom stereocenters. The van der Waals surface area contributed by atoms with Gasteiger partial charge in [0.15, 0.2) is 6.29 Å². The van der Waals surface area contributed by atoms with Gasteiger partial charge in [0.2, 0.25) is 0 Å². The van der Waals surface area contributed by atoms with Crippen LogP contribution < -0.4 is 0 Å². The summed E-state index contributed by atoms with van der Waals surface area (Å²) in [6, 6.07) is 0. The first kappa shape index (κ1) is 15.4. The van der Waals surface area contributed by atoms with Crippen molar-refractivity contribution in [2.45, 2.75) is 65.3 Å². The van der Waals surface area contributed by atoms with Crippen molar-refractivity contribution in [3.8, 4) is 0 Å². The van der Waals surface area contributed by atoms with E-state index >= 15 is 0 Å². The van der Waals surface area contributed by atoms with Crippen molar-refractivity contribution in [2.75, 3.05) is 13.2 Å². The highest BCUT2D eigenvalue weighted by Crippen LogP contribution is 2.67. The average molecular weight is 296 g/mol. The van der Waals surface area contributed by atoms with Gasteiger partial charge in [0, 0.05) is 30.8 Å². The molecule has 0 aromatic rings. The Morgan fingerprint density at radius 3 is 2.86 bits per heavy atom. The van der Waals surface area contributed by atoms with Gasteiger partial charge in [0.25, 0.3) is 0 Å². The summed E-state index contributed by atoms with van der Waals surface area (Å²) >= 11 is 0. The first-order chi connectivity index (χ1) is 9.99. The number of aliphatic hydroxyl groups is 1.